The molecule has 0 atom stereocenters. The molecule has 0 fully saturated rings. The third-order valence-electron chi connectivity index (χ3n) is 3.17. The van der Waals surface area contributed by atoms with E-state index in [0.29, 0.717) is 5.82 Å². The van der Waals surface area contributed by atoms with Crippen molar-refractivity contribution in [2.75, 3.05) is 32.6 Å². The number of benzene rings is 1. The van der Waals surface area contributed by atoms with E-state index in [4.69, 9.17) is 5.11 Å². The highest BCUT2D eigenvalue weighted by atomic mass is 16.4. The number of likely N-dealkylation sites (N-methyl/N-ethyl adjacent to an activating group) is 2. The fraction of sp³-hybridized carbons (Fsp3) is 0.267. The van der Waals surface area contributed by atoms with E-state index >= 15 is 0 Å². The van der Waals surface area contributed by atoms with Crippen molar-refractivity contribution in [2.24, 2.45) is 0 Å². The predicted molar refractivity (Wildman–Crippen MR) is 80.7 cm³/mol. The molecule has 1 aromatic carbocycles. The minimum absolute atomic E-state index is 0.0344. The molecule has 110 valence electrons. The zero-order valence-electron chi connectivity index (χ0n) is 12.2. The minimum atomic E-state index is -1.09. The summed E-state index contributed by atoms with van der Waals surface area (Å²) in [4.78, 5) is 30.3. The van der Waals surface area contributed by atoms with E-state index in [-0.39, 0.29) is 18.1 Å². The Balaban J connectivity index is 2.50. The van der Waals surface area contributed by atoms with Crippen molar-refractivity contribution in [3.63, 3.8) is 0 Å². The standard InChI is InChI=1S/C15H17N3O3/c1-17(2)13(19)9-18(3)14-11-7-5-4-6-10(11)8-12(16-14)15(20)21/h4-8H,9H2,1-3H3,(H,20,21). The Bertz CT molecular complexity index is 698. The van der Waals surface area contributed by atoms with Crippen molar-refractivity contribution in [2.45, 2.75) is 0 Å². The molecule has 0 unspecified atom stereocenters. The van der Waals surface area contributed by atoms with Gasteiger partial charge in [0.2, 0.25) is 5.91 Å². The Labute approximate surface area is 122 Å². The monoisotopic (exact) mass is 287 g/mol. The lowest BCUT2D eigenvalue weighted by atomic mass is 10.1. The van der Waals surface area contributed by atoms with Crippen LogP contribution in [0.3, 0.4) is 0 Å². The number of carbonyl (C=O) groups is 2. The highest BCUT2D eigenvalue weighted by Crippen LogP contribution is 2.25. The number of carboxylic acid groups (broad SMARTS) is 1. The molecule has 0 bridgehead atoms. The lowest BCUT2D eigenvalue weighted by molar-refractivity contribution is -0.127. The van der Waals surface area contributed by atoms with Gasteiger partial charge in [-0.25, -0.2) is 9.78 Å². The fourth-order valence-electron chi connectivity index (χ4n) is 2.00. The molecule has 0 spiro atoms. The molecule has 1 amide bonds. The minimum Gasteiger partial charge on any atom is -0.477 e. The molecular formula is C15H17N3O3. The van der Waals surface area contributed by atoms with Crippen molar-refractivity contribution in [3.05, 3.63) is 36.0 Å². The van der Waals surface area contributed by atoms with Gasteiger partial charge < -0.3 is 14.9 Å². The molecule has 1 aromatic heterocycles. The first-order valence-electron chi connectivity index (χ1n) is 6.44. The second kappa shape index (κ2) is 5.78. The average molecular weight is 287 g/mol. The molecule has 2 aromatic rings. The second-order valence-electron chi connectivity index (χ2n) is 5.00. The summed E-state index contributed by atoms with van der Waals surface area (Å²) in [6, 6.07) is 8.91. The van der Waals surface area contributed by atoms with Gasteiger partial charge >= 0.3 is 5.97 Å². The smallest absolute Gasteiger partial charge is 0.354 e. The molecule has 1 heterocycles. The molecule has 0 aliphatic heterocycles. The van der Waals surface area contributed by atoms with Crippen molar-refractivity contribution < 1.29 is 14.7 Å². The van der Waals surface area contributed by atoms with Gasteiger partial charge in [0, 0.05) is 26.5 Å². The largest absolute Gasteiger partial charge is 0.477 e. The van der Waals surface area contributed by atoms with Crippen LogP contribution in [0.25, 0.3) is 10.8 Å². The van der Waals surface area contributed by atoms with E-state index in [2.05, 4.69) is 4.98 Å². The van der Waals surface area contributed by atoms with Crippen LogP contribution in [0.4, 0.5) is 5.82 Å². The molecule has 0 aliphatic rings. The van der Waals surface area contributed by atoms with E-state index in [9.17, 15) is 9.59 Å². The molecular weight excluding hydrogens is 270 g/mol. The van der Waals surface area contributed by atoms with Gasteiger partial charge in [0.15, 0.2) is 5.69 Å². The Morgan fingerprint density at radius 2 is 1.86 bits per heavy atom. The molecule has 2 rings (SSSR count). The number of hydrogen-bond donors (Lipinski definition) is 1. The molecule has 6 heteroatoms. The van der Waals surface area contributed by atoms with E-state index in [1.54, 1.807) is 26.0 Å². The van der Waals surface area contributed by atoms with Crippen LogP contribution in [0.5, 0.6) is 0 Å². The topological polar surface area (TPSA) is 73.7 Å². The second-order valence-corrected chi connectivity index (χ2v) is 5.00. The summed E-state index contributed by atoms with van der Waals surface area (Å²) in [7, 11) is 5.08. The highest BCUT2D eigenvalue weighted by molar-refractivity contribution is 5.98. The van der Waals surface area contributed by atoms with Gasteiger partial charge in [0.1, 0.15) is 5.82 Å². The van der Waals surface area contributed by atoms with E-state index in [1.807, 2.05) is 24.3 Å². The Kier molecular flexibility index (Phi) is 4.07. The van der Waals surface area contributed by atoms with Gasteiger partial charge in [0.25, 0.3) is 0 Å². The number of carbonyl (C=O) groups excluding carboxylic acids is 1. The Morgan fingerprint density at radius 1 is 1.19 bits per heavy atom. The van der Waals surface area contributed by atoms with E-state index in [1.165, 1.54) is 11.0 Å². The lowest BCUT2D eigenvalue weighted by Crippen LogP contribution is -2.35. The van der Waals surface area contributed by atoms with Gasteiger partial charge in [-0.1, -0.05) is 24.3 Å². The van der Waals surface area contributed by atoms with E-state index in [0.717, 1.165) is 10.8 Å². The van der Waals surface area contributed by atoms with Crippen LogP contribution in [0.15, 0.2) is 30.3 Å². The first-order chi connectivity index (χ1) is 9.90. The molecule has 0 saturated carbocycles. The van der Waals surface area contributed by atoms with Crippen molar-refractivity contribution in [3.8, 4) is 0 Å². The summed E-state index contributed by atoms with van der Waals surface area (Å²) >= 11 is 0. The predicted octanol–water partition coefficient (Wildman–Crippen LogP) is 1.46. The third-order valence-corrected chi connectivity index (χ3v) is 3.17. The number of aromatic carboxylic acids is 1. The number of pyridine rings is 1. The van der Waals surface area contributed by atoms with Gasteiger partial charge in [0.05, 0.1) is 6.54 Å². The summed E-state index contributed by atoms with van der Waals surface area (Å²) < 4.78 is 0. The number of aromatic nitrogens is 1. The number of amides is 1. The van der Waals surface area contributed by atoms with Crippen molar-refractivity contribution >= 4 is 28.5 Å². The third kappa shape index (κ3) is 3.10. The number of hydrogen-bond acceptors (Lipinski definition) is 4. The maximum absolute atomic E-state index is 11.8. The summed E-state index contributed by atoms with van der Waals surface area (Å²) in [6.45, 7) is 0.132. The van der Waals surface area contributed by atoms with Crippen LogP contribution in [0.2, 0.25) is 0 Å². The first-order valence-corrected chi connectivity index (χ1v) is 6.44. The average Bonchev–Trinajstić information content (AvgIpc) is 2.45. The van der Waals surface area contributed by atoms with Crippen LogP contribution in [-0.2, 0) is 4.79 Å². The molecule has 21 heavy (non-hydrogen) atoms. The maximum Gasteiger partial charge on any atom is 0.354 e. The molecule has 0 saturated heterocycles. The zero-order chi connectivity index (χ0) is 15.6. The van der Waals surface area contributed by atoms with Gasteiger partial charge in [-0.3, -0.25) is 4.79 Å². The number of carboxylic acids is 1. The lowest BCUT2D eigenvalue weighted by Gasteiger charge is -2.21. The van der Waals surface area contributed by atoms with Crippen LogP contribution >= 0.6 is 0 Å². The Hall–Kier alpha value is -2.63. The number of anilines is 1. The maximum atomic E-state index is 11.8. The molecule has 0 aliphatic carbocycles. The molecule has 6 nitrogen and oxygen atoms in total. The summed E-state index contributed by atoms with van der Waals surface area (Å²) in [5.74, 6) is -0.681. The van der Waals surface area contributed by atoms with Crippen LogP contribution in [0.1, 0.15) is 10.5 Å². The normalized spacial score (nSPS) is 10.4. The van der Waals surface area contributed by atoms with Gasteiger partial charge in [-0.15, -0.1) is 0 Å². The number of fused-ring (bicyclic) bond motifs is 1. The number of nitrogens with zero attached hydrogens (tertiary/aromatic N) is 3. The van der Waals surface area contributed by atoms with Gasteiger partial charge in [-0.2, -0.15) is 0 Å². The molecule has 0 radical (unpaired) electrons. The van der Waals surface area contributed by atoms with Crippen molar-refractivity contribution in [1.82, 2.24) is 9.88 Å². The van der Waals surface area contributed by atoms with Crippen LogP contribution in [0, 0.1) is 0 Å². The van der Waals surface area contributed by atoms with E-state index < -0.39 is 5.97 Å². The SMILES string of the molecule is CN(C)C(=O)CN(C)c1nc(C(=O)O)cc2ccccc12. The Morgan fingerprint density at radius 3 is 2.48 bits per heavy atom. The van der Waals surface area contributed by atoms with Crippen LogP contribution in [-0.4, -0.2) is 54.6 Å². The zero-order valence-corrected chi connectivity index (χ0v) is 12.2. The quantitative estimate of drug-likeness (QED) is 0.921. The molecule has 1 N–H and O–H groups in total. The first kappa shape index (κ1) is 14.8. The van der Waals surface area contributed by atoms with Crippen molar-refractivity contribution in [1.29, 1.82) is 0 Å². The van der Waals surface area contributed by atoms with Crippen LogP contribution < -0.4 is 4.90 Å². The van der Waals surface area contributed by atoms with Gasteiger partial charge in [-0.05, 0) is 11.5 Å². The fourth-order valence-corrected chi connectivity index (χ4v) is 2.00. The summed E-state index contributed by atoms with van der Waals surface area (Å²) in [5, 5.41) is 10.8. The summed E-state index contributed by atoms with van der Waals surface area (Å²) in [5.41, 5.74) is -0.0344. The number of rotatable bonds is 4. The summed E-state index contributed by atoms with van der Waals surface area (Å²) in [6.07, 6.45) is 0. The highest BCUT2D eigenvalue weighted by Gasteiger charge is 2.16.